The summed E-state index contributed by atoms with van der Waals surface area (Å²) in [7, 11) is 0. The summed E-state index contributed by atoms with van der Waals surface area (Å²) in [4.78, 5) is 0. The van der Waals surface area contributed by atoms with Crippen LogP contribution in [0.2, 0.25) is 10.0 Å². The van der Waals surface area contributed by atoms with Crippen molar-refractivity contribution >= 4 is 23.2 Å². The summed E-state index contributed by atoms with van der Waals surface area (Å²) < 4.78 is 36.5. The summed E-state index contributed by atoms with van der Waals surface area (Å²) in [5, 5.41) is 0.572. The molecule has 84 valence electrons. The van der Waals surface area contributed by atoms with Gasteiger partial charge in [-0.25, -0.2) is 0 Å². The third-order valence-corrected chi connectivity index (χ3v) is 2.47. The van der Waals surface area contributed by atoms with Crippen LogP contribution in [-0.4, -0.2) is 12.2 Å². The van der Waals surface area contributed by atoms with E-state index in [2.05, 4.69) is 0 Å². The number of hydrogen-bond acceptors (Lipinski definition) is 1. The zero-order valence-electron chi connectivity index (χ0n) is 7.48. The van der Waals surface area contributed by atoms with E-state index in [0.29, 0.717) is 10.6 Å². The fourth-order valence-electron chi connectivity index (χ4n) is 1.05. The van der Waals surface area contributed by atoms with Crippen molar-refractivity contribution in [2.24, 2.45) is 5.73 Å². The van der Waals surface area contributed by atoms with Gasteiger partial charge in [-0.15, -0.1) is 0 Å². The highest BCUT2D eigenvalue weighted by molar-refractivity contribution is 6.33. The fraction of sp³-hybridized carbons (Fsp3) is 0.333. The van der Waals surface area contributed by atoms with Crippen LogP contribution in [0.15, 0.2) is 18.2 Å². The molecule has 0 radical (unpaired) electrons. The second-order valence-electron chi connectivity index (χ2n) is 3.09. The highest BCUT2D eigenvalue weighted by Crippen LogP contribution is 2.26. The van der Waals surface area contributed by atoms with Crippen LogP contribution in [0, 0.1) is 0 Å². The Balaban J connectivity index is 2.85. The lowest BCUT2D eigenvalue weighted by atomic mass is 10.1. The molecule has 0 aromatic heterocycles. The lowest BCUT2D eigenvalue weighted by Gasteiger charge is -2.16. The van der Waals surface area contributed by atoms with Crippen molar-refractivity contribution < 1.29 is 13.2 Å². The molecular weight excluding hydrogens is 250 g/mol. The van der Waals surface area contributed by atoms with E-state index < -0.39 is 12.2 Å². The fourth-order valence-corrected chi connectivity index (χ4v) is 1.44. The predicted molar refractivity (Wildman–Crippen MR) is 54.2 cm³/mol. The molecule has 0 fully saturated rings. The average molecular weight is 258 g/mol. The van der Waals surface area contributed by atoms with Crippen LogP contribution >= 0.6 is 23.2 Å². The summed E-state index contributed by atoms with van der Waals surface area (Å²) >= 11 is 11.3. The summed E-state index contributed by atoms with van der Waals surface area (Å²) in [6.45, 7) is 0. The molecule has 0 bridgehead atoms. The van der Waals surface area contributed by atoms with Gasteiger partial charge in [-0.05, 0) is 30.2 Å². The topological polar surface area (TPSA) is 26.0 Å². The molecule has 6 heteroatoms. The smallest absolute Gasteiger partial charge is 0.320 e. The van der Waals surface area contributed by atoms with Gasteiger partial charge in [-0.2, -0.15) is 13.2 Å². The average Bonchev–Trinajstić information content (AvgIpc) is 2.09. The first-order valence-electron chi connectivity index (χ1n) is 4.07. The maximum absolute atomic E-state index is 12.2. The first-order chi connectivity index (χ1) is 6.80. The number of hydrogen-bond donors (Lipinski definition) is 1. The third-order valence-electron chi connectivity index (χ3n) is 1.87. The summed E-state index contributed by atoms with van der Waals surface area (Å²) in [6, 6.07) is 2.41. The highest BCUT2D eigenvalue weighted by atomic mass is 35.5. The van der Waals surface area contributed by atoms with E-state index in [1.165, 1.54) is 18.2 Å². The molecule has 1 unspecified atom stereocenters. The molecule has 1 aromatic rings. The Kier molecular flexibility index (Phi) is 3.87. The van der Waals surface area contributed by atoms with Crippen molar-refractivity contribution in [3.05, 3.63) is 33.8 Å². The quantitative estimate of drug-likeness (QED) is 0.864. The van der Waals surface area contributed by atoms with E-state index in [0.717, 1.165) is 0 Å². The Morgan fingerprint density at radius 1 is 1.27 bits per heavy atom. The predicted octanol–water partition coefficient (Wildman–Crippen LogP) is 3.43. The number of benzene rings is 1. The van der Waals surface area contributed by atoms with Gasteiger partial charge in [0.1, 0.15) is 6.04 Å². The Morgan fingerprint density at radius 3 is 2.40 bits per heavy atom. The molecule has 0 spiro atoms. The van der Waals surface area contributed by atoms with E-state index in [4.69, 9.17) is 28.9 Å². The highest BCUT2D eigenvalue weighted by Gasteiger charge is 2.36. The van der Waals surface area contributed by atoms with Gasteiger partial charge in [-0.1, -0.05) is 23.2 Å². The van der Waals surface area contributed by atoms with Crippen LogP contribution in [0.1, 0.15) is 5.56 Å². The van der Waals surface area contributed by atoms with Crippen molar-refractivity contribution in [2.45, 2.75) is 18.6 Å². The van der Waals surface area contributed by atoms with E-state index in [-0.39, 0.29) is 11.4 Å². The molecule has 0 aliphatic heterocycles. The monoisotopic (exact) mass is 257 g/mol. The van der Waals surface area contributed by atoms with Gasteiger partial charge in [0.25, 0.3) is 0 Å². The lowest BCUT2D eigenvalue weighted by molar-refractivity contribution is -0.147. The molecule has 0 aliphatic rings. The van der Waals surface area contributed by atoms with Crippen molar-refractivity contribution in [3.63, 3.8) is 0 Å². The van der Waals surface area contributed by atoms with E-state index in [9.17, 15) is 13.2 Å². The normalized spacial score (nSPS) is 14.0. The van der Waals surface area contributed by atoms with Crippen molar-refractivity contribution in [3.8, 4) is 0 Å². The lowest BCUT2D eigenvalue weighted by Crippen LogP contribution is -2.39. The molecule has 15 heavy (non-hydrogen) atoms. The zero-order chi connectivity index (χ0) is 11.6. The number of alkyl halides is 3. The standard InChI is InChI=1S/C9H8Cl2F3N/c10-6-1-2-7(11)5(3-6)4-8(15)9(12,13)14/h1-3,8H,4,15H2. The van der Waals surface area contributed by atoms with Crippen molar-refractivity contribution in [2.75, 3.05) is 0 Å². The number of nitrogens with two attached hydrogens (primary N) is 1. The molecule has 1 atom stereocenters. The van der Waals surface area contributed by atoms with Crippen LogP contribution in [0.5, 0.6) is 0 Å². The Labute approximate surface area is 95.0 Å². The van der Waals surface area contributed by atoms with Crippen molar-refractivity contribution in [1.82, 2.24) is 0 Å². The van der Waals surface area contributed by atoms with Crippen LogP contribution in [0.3, 0.4) is 0 Å². The van der Waals surface area contributed by atoms with E-state index in [1.54, 1.807) is 0 Å². The molecule has 0 amide bonds. The number of rotatable bonds is 2. The molecule has 1 aromatic carbocycles. The molecule has 0 saturated heterocycles. The molecule has 1 nitrogen and oxygen atoms in total. The van der Waals surface area contributed by atoms with Gasteiger partial charge in [-0.3, -0.25) is 0 Å². The van der Waals surface area contributed by atoms with Gasteiger partial charge >= 0.3 is 6.18 Å². The van der Waals surface area contributed by atoms with Crippen molar-refractivity contribution in [1.29, 1.82) is 0 Å². The molecule has 0 aliphatic carbocycles. The minimum absolute atomic E-state index is 0.235. The Hall–Kier alpha value is -0.450. The van der Waals surface area contributed by atoms with E-state index >= 15 is 0 Å². The molecule has 0 heterocycles. The van der Waals surface area contributed by atoms with Gasteiger partial charge in [0.05, 0.1) is 0 Å². The molecule has 0 saturated carbocycles. The molecular formula is C9H8Cl2F3N. The van der Waals surface area contributed by atoms with Crippen LogP contribution in [-0.2, 0) is 6.42 Å². The van der Waals surface area contributed by atoms with Gasteiger partial charge in [0, 0.05) is 10.0 Å². The Morgan fingerprint density at radius 2 is 1.87 bits per heavy atom. The molecule has 1 rings (SSSR count). The third kappa shape index (κ3) is 3.55. The minimum atomic E-state index is -4.42. The van der Waals surface area contributed by atoms with Crippen LogP contribution in [0.4, 0.5) is 13.2 Å². The molecule has 2 N–H and O–H groups in total. The SMILES string of the molecule is NC(Cc1cc(Cl)ccc1Cl)C(F)(F)F. The number of halogens is 5. The van der Waals surface area contributed by atoms with Gasteiger partial charge < -0.3 is 5.73 Å². The second-order valence-corrected chi connectivity index (χ2v) is 3.93. The summed E-state index contributed by atoms with van der Waals surface area (Å²) in [5.74, 6) is 0. The van der Waals surface area contributed by atoms with Gasteiger partial charge in [0.2, 0.25) is 0 Å². The second kappa shape index (κ2) is 4.60. The first kappa shape index (κ1) is 12.6. The maximum Gasteiger partial charge on any atom is 0.403 e. The zero-order valence-corrected chi connectivity index (χ0v) is 9.00. The largest absolute Gasteiger partial charge is 0.403 e. The van der Waals surface area contributed by atoms with Gasteiger partial charge in [0.15, 0.2) is 0 Å². The first-order valence-corrected chi connectivity index (χ1v) is 4.82. The Bertz CT molecular complexity index is 352. The van der Waals surface area contributed by atoms with Crippen LogP contribution < -0.4 is 5.73 Å². The van der Waals surface area contributed by atoms with E-state index in [1.807, 2.05) is 0 Å². The maximum atomic E-state index is 12.2. The summed E-state index contributed by atoms with van der Waals surface area (Å²) in [5.41, 5.74) is 5.27. The minimum Gasteiger partial charge on any atom is -0.320 e. The summed E-state index contributed by atoms with van der Waals surface area (Å²) in [6.07, 6.45) is -4.80. The van der Waals surface area contributed by atoms with Crippen LogP contribution in [0.25, 0.3) is 0 Å².